The van der Waals surface area contributed by atoms with Gasteiger partial charge in [0.15, 0.2) is 5.78 Å². The molecule has 0 heterocycles. The third-order valence-corrected chi connectivity index (χ3v) is 9.61. The molecule has 53 heavy (non-hydrogen) atoms. The van der Waals surface area contributed by atoms with E-state index in [2.05, 4.69) is 16.0 Å². The molecule has 0 aromatic rings. The summed E-state index contributed by atoms with van der Waals surface area (Å²) in [6, 6.07) is -2.94. The Bertz CT molecular complexity index is 1240. The summed E-state index contributed by atoms with van der Waals surface area (Å²) < 4.78 is 32.6. The number of Topliss-reactive ketones (excluding diaryl/α,β-unsaturated/α-hetero) is 1. The Hall–Kier alpha value is -3.60. The van der Waals surface area contributed by atoms with Crippen molar-refractivity contribution in [2.24, 2.45) is 5.92 Å². The highest BCUT2D eigenvalue weighted by Gasteiger charge is 2.31. The van der Waals surface area contributed by atoms with Gasteiger partial charge >= 0.3 is 17.9 Å². The summed E-state index contributed by atoms with van der Waals surface area (Å²) >= 11 is 0. The molecular weight excluding hydrogens is 714 g/mol. The third kappa shape index (κ3) is 29.5. The fourth-order valence-corrected chi connectivity index (χ4v) is 6.42. The number of carbonyl (C=O) groups excluding carboxylic acids is 4. The molecule has 0 aromatic carbocycles. The maximum atomic E-state index is 13.0. The van der Waals surface area contributed by atoms with E-state index >= 15 is 0 Å². The number of unbranched alkanes of at least 4 members (excludes halogenated alkanes) is 14. The lowest BCUT2D eigenvalue weighted by Gasteiger charge is -2.19. The van der Waals surface area contributed by atoms with Gasteiger partial charge in [-0.25, -0.2) is 4.79 Å². The summed E-state index contributed by atoms with van der Waals surface area (Å²) in [5.74, 6) is -8.53. The van der Waals surface area contributed by atoms with Crippen LogP contribution in [-0.4, -0.2) is 94.1 Å². The van der Waals surface area contributed by atoms with Crippen LogP contribution in [-0.2, 0) is 43.7 Å². The van der Waals surface area contributed by atoms with Crippen LogP contribution >= 0.6 is 0 Å². The predicted molar refractivity (Wildman–Crippen MR) is 197 cm³/mol. The van der Waals surface area contributed by atoms with Crippen LogP contribution in [0.3, 0.4) is 0 Å². The largest absolute Gasteiger partial charge is 0.481 e. The summed E-state index contributed by atoms with van der Waals surface area (Å²) in [7, 11) is -4.73. The number of hydrogen-bond acceptors (Lipinski definition) is 9. The molecule has 0 rings (SSSR count). The van der Waals surface area contributed by atoms with Gasteiger partial charge in [-0.2, -0.15) is 8.42 Å². The normalized spacial score (nSPS) is 13.0. The zero-order chi connectivity index (χ0) is 40.1. The van der Waals surface area contributed by atoms with Crippen LogP contribution in [0.4, 0.5) is 0 Å². The molecule has 0 saturated heterocycles. The first kappa shape index (κ1) is 49.4. The highest BCUT2D eigenvalue weighted by molar-refractivity contribution is 7.85. The average Bonchev–Trinajstić information content (AvgIpc) is 3.07. The van der Waals surface area contributed by atoms with Gasteiger partial charge in [0.25, 0.3) is 10.1 Å². The highest BCUT2D eigenvalue weighted by Crippen LogP contribution is 2.16. The second-order valence-corrected chi connectivity index (χ2v) is 15.1. The van der Waals surface area contributed by atoms with Gasteiger partial charge in [-0.3, -0.25) is 33.3 Å². The van der Waals surface area contributed by atoms with Crippen LogP contribution < -0.4 is 16.0 Å². The van der Waals surface area contributed by atoms with Gasteiger partial charge in [0.1, 0.15) is 17.8 Å². The zero-order valence-corrected chi connectivity index (χ0v) is 32.1. The molecule has 0 fully saturated rings. The zero-order valence-electron chi connectivity index (χ0n) is 31.3. The number of aliphatic carboxylic acids is 3. The Morgan fingerprint density at radius 3 is 1.47 bits per heavy atom. The minimum atomic E-state index is -4.73. The second-order valence-electron chi connectivity index (χ2n) is 13.6. The second kappa shape index (κ2) is 29.8. The minimum absolute atomic E-state index is 0.00617. The summed E-state index contributed by atoms with van der Waals surface area (Å²) in [6.45, 7) is 2.05. The first-order valence-electron chi connectivity index (χ1n) is 19.1. The molecule has 7 N–H and O–H groups in total. The van der Waals surface area contributed by atoms with Crippen molar-refractivity contribution in [3.05, 3.63) is 0 Å². The van der Waals surface area contributed by atoms with E-state index in [9.17, 15) is 56.7 Å². The molecule has 0 aliphatic rings. The fourth-order valence-electron chi connectivity index (χ4n) is 5.73. The molecule has 3 unspecified atom stereocenters. The summed E-state index contributed by atoms with van der Waals surface area (Å²) in [5, 5.41) is 35.0. The fraction of sp³-hybridized carbons (Fsp3) is 0.806. The van der Waals surface area contributed by atoms with Crippen molar-refractivity contribution >= 4 is 51.5 Å². The van der Waals surface area contributed by atoms with Crippen LogP contribution in [0, 0.1) is 5.92 Å². The Labute approximate surface area is 313 Å². The van der Waals surface area contributed by atoms with Gasteiger partial charge in [0.05, 0.1) is 5.92 Å². The van der Waals surface area contributed by atoms with Gasteiger partial charge in [-0.05, 0) is 38.5 Å². The lowest BCUT2D eigenvalue weighted by molar-refractivity contribution is -0.145. The number of nitrogens with one attached hydrogen (secondary N) is 3. The number of carboxylic acid groups (broad SMARTS) is 3. The van der Waals surface area contributed by atoms with Crippen molar-refractivity contribution < 1.29 is 61.9 Å². The molecule has 0 radical (unpaired) electrons. The molecule has 0 spiro atoms. The van der Waals surface area contributed by atoms with Crippen molar-refractivity contribution in [1.82, 2.24) is 16.0 Å². The van der Waals surface area contributed by atoms with Crippen LogP contribution in [0.25, 0.3) is 0 Å². The van der Waals surface area contributed by atoms with Crippen LogP contribution in [0.5, 0.6) is 0 Å². The predicted octanol–water partition coefficient (Wildman–Crippen LogP) is 4.39. The summed E-state index contributed by atoms with van der Waals surface area (Å²) in [4.78, 5) is 83.3. The van der Waals surface area contributed by atoms with Gasteiger partial charge in [-0.15, -0.1) is 0 Å². The van der Waals surface area contributed by atoms with Gasteiger partial charge in [0.2, 0.25) is 17.7 Å². The monoisotopic (exact) mass is 777 g/mol. The molecule has 306 valence electrons. The lowest BCUT2D eigenvalue weighted by Crippen LogP contribution is -2.46. The van der Waals surface area contributed by atoms with E-state index in [1.165, 1.54) is 12.8 Å². The number of amides is 3. The smallest absolute Gasteiger partial charge is 0.326 e. The van der Waals surface area contributed by atoms with E-state index in [4.69, 9.17) is 5.11 Å². The van der Waals surface area contributed by atoms with E-state index in [1.807, 2.05) is 0 Å². The molecule has 0 saturated carbocycles. The summed E-state index contributed by atoms with van der Waals surface area (Å²) in [5.41, 5.74) is 0. The Morgan fingerprint density at radius 2 is 1.02 bits per heavy atom. The minimum Gasteiger partial charge on any atom is -0.481 e. The maximum absolute atomic E-state index is 13.0. The van der Waals surface area contributed by atoms with E-state index < -0.39 is 82.2 Å². The summed E-state index contributed by atoms with van der Waals surface area (Å²) in [6.07, 6.45) is 13.8. The van der Waals surface area contributed by atoms with Crippen molar-refractivity contribution in [2.45, 2.75) is 167 Å². The number of hydrogen-bond donors (Lipinski definition) is 7. The van der Waals surface area contributed by atoms with Crippen LogP contribution in [0.1, 0.15) is 155 Å². The average molecular weight is 778 g/mol. The SMILES string of the molecule is CCC(=O)NCCCCC(NC(=O)CCC(CC(=O)C(CS(=O)(=O)O)NC(=O)CCCCCCCCCCCCCCCCC(=O)O)C(=O)O)C(=O)O. The van der Waals surface area contributed by atoms with E-state index in [0.29, 0.717) is 32.2 Å². The topological polar surface area (TPSA) is 271 Å². The number of carbonyl (C=O) groups is 7. The molecule has 0 bridgehead atoms. The Balaban J connectivity index is 4.58. The number of carboxylic acids is 3. The van der Waals surface area contributed by atoms with Crippen LogP contribution in [0.15, 0.2) is 0 Å². The molecule has 3 atom stereocenters. The number of rotatable bonds is 35. The Morgan fingerprint density at radius 1 is 0.547 bits per heavy atom. The lowest BCUT2D eigenvalue weighted by atomic mass is 9.94. The molecule has 17 heteroatoms. The van der Waals surface area contributed by atoms with Gasteiger partial charge in [0, 0.05) is 38.6 Å². The maximum Gasteiger partial charge on any atom is 0.326 e. The highest BCUT2D eigenvalue weighted by atomic mass is 32.2. The van der Waals surface area contributed by atoms with Gasteiger partial charge in [-0.1, -0.05) is 84.0 Å². The standard InChI is InChI=1S/C36H63N3O13S/c1-2-31(41)37-24-18-17-19-28(36(48)49)38-33(43)23-22-27(35(46)47)25-30(40)29(26-53(50,51)52)39-32(42)20-15-13-11-9-7-5-3-4-6-8-10-12-14-16-21-34(44)45/h27-29H,2-26H2,1H3,(H,37,41)(H,38,43)(H,39,42)(H,44,45)(H,46,47)(H,48,49)(H,50,51,52). The van der Waals surface area contributed by atoms with E-state index in [1.54, 1.807) is 6.92 Å². The molecule has 3 amide bonds. The molecular formula is C36H63N3O13S. The van der Waals surface area contributed by atoms with Crippen molar-refractivity contribution in [1.29, 1.82) is 0 Å². The quantitative estimate of drug-likeness (QED) is 0.0348. The van der Waals surface area contributed by atoms with Crippen molar-refractivity contribution in [3.63, 3.8) is 0 Å². The third-order valence-electron chi connectivity index (χ3n) is 8.86. The van der Waals surface area contributed by atoms with E-state index in [0.717, 1.165) is 70.6 Å². The molecule has 0 aromatic heterocycles. The van der Waals surface area contributed by atoms with Crippen molar-refractivity contribution in [3.8, 4) is 0 Å². The van der Waals surface area contributed by atoms with Crippen molar-refractivity contribution in [2.75, 3.05) is 12.3 Å². The molecule has 0 aliphatic heterocycles. The van der Waals surface area contributed by atoms with Crippen LogP contribution in [0.2, 0.25) is 0 Å². The molecule has 16 nitrogen and oxygen atoms in total. The van der Waals surface area contributed by atoms with E-state index in [-0.39, 0.29) is 31.6 Å². The first-order chi connectivity index (χ1) is 25.0. The number of ketones is 1. The van der Waals surface area contributed by atoms with Gasteiger partial charge < -0.3 is 31.3 Å². The Kier molecular flexibility index (Phi) is 27.8. The first-order valence-corrected chi connectivity index (χ1v) is 20.7. The molecule has 0 aliphatic carbocycles.